The summed E-state index contributed by atoms with van der Waals surface area (Å²) in [6, 6.07) is 12.2. The largest absolute Gasteiger partial charge is 0.489 e. The van der Waals surface area contributed by atoms with E-state index in [2.05, 4.69) is 4.72 Å². The highest BCUT2D eigenvalue weighted by molar-refractivity contribution is 7.94. The normalized spacial score (nSPS) is 14.2. The highest BCUT2D eigenvalue weighted by Crippen LogP contribution is 2.33. The van der Waals surface area contributed by atoms with Gasteiger partial charge in [0.15, 0.2) is 0 Å². The average Bonchev–Trinajstić information content (AvgIpc) is 2.46. The monoisotopic (exact) mass is 308 g/mol. The van der Waals surface area contributed by atoms with Gasteiger partial charge in [-0.3, -0.25) is 4.72 Å². The Morgan fingerprint density at radius 3 is 2.76 bits per heavy atom. The van der Waals surface area contributed by atoms with E-state index in [9.17, 15) is 12.8 Å². The molecule has 0 saturated heterocycles. The van der Waals surface area contributed by atoms with Crippen molar-refractivity contribution in [3.8, 4) is 5.75 Å². The second-order valence-corrected chi connectivity index (χ2v) is 6.10. The Labute approximate surface area is 122 Å². The lowest BCUT2D eigenvalue weighted by molar-refractivity contribution is 0.316. The standard InChI is InChI=1S/C14H13FN2O3S/c15-11-4-3-5-12(10-11)16-21(18,19)17-8-9-20-14-7-2-1-6-13(14)17/h1-7,10,16H,8-9H2. The zero-order valence-corrected chi connectivity index (χ0v) is 11.8. The smallest absolute Gasteiger partial charge is 0.324 e. The third-order valence-electron chi connectivity index (χ3n) is 3.05. The maximum Gasteiger partial charge on any atom is 0.324 e. The zero-order chi connectivity index (χ0) is 14.9. The van der Waals surface area contributed by atoms with E-state index < -0.39 is 16.0 Å². The minimum atomic E-state index is -3.83. The number of para-hydroxylation sites is 2. The van der Waals surface area contributed by atoms with Gasteiger partial charge in [0, 0.05) is 0 Å². The van der Waals surface area contributed by atoms with Crippen LogP contribution in [0.2, 0.25) is 0 Å². The van der Waals surface area contributed by atoms with Crippen LogP contribution in [-0.2, 0) is 10.2 Å². The van der Waals surface area contributed by atoms with Crippen molar-refractivity contribution in [3.63, 3.8) is 0 Å². The van der Waals surface area contributed by atoms with E-state index in [1.54, 1.807) is 24.3 Å². The van der Waals surface area contributed by atoms with Crippen LogP contribution in [0.5, 0.6) is 5.75 Å². The summed E-state index contributed by atoms with van der Waals surface area (Å²) < 4.78 is 47.1. The van der Waals surface area contributed by atoms with Crippen LogP contribution in [0.3, 0.4) is 0 Å². The lowest BCUT2D eigenvalue weighted by Gasteiger charge is -2.30. The molecule has 7 heteroatoms. The maximum absolute atomic E-state index is 13.2. The summed E-state index contributed by atoms with van der Waals surface area (Å²) in [7, 11) is -3.83. The Bertz CT molecular complexity index is 764. The van der Waals surface area contributed by atoms with E-state index in [0.29, 0.717) is 11.4 Å². The molecule has 1 N–H and O–H groups in total. The van der Waals surface area contributed by atoms with Gasteiger partial charge in [-0.1, -0.05) is 18.2 Å². The third-order valence-corrected chi connectivity index (χ3v) is 4.50. The molecule has 1 aliphatic rings. The zero-order valence-electron chi connectivity index (χ0n) is 11.0. The molecule has 0 radical (unpaired) electrons. The minimum Gasteiger partial charge on any atom is -0.489 e. The van der Waals surface area contributed by atoms with E-state index in [1.807, 2.05) is 0 Å². The van der Waals surface area contributed by atoms with E-state index >= 15 is 0 Å². The molecule has 0 aliphatic carbocycles. The van der Waals surface area contributed by atoms with Crippen molar-refractivity contribution in [2.75, 3.05) is 22.2 Å². The van der Waals surface area contributed by atoms with Crippen molar-refractivity contribution < 1.29 is 17.5 Å². The average molecular weight is 308 g/mol. The molecular weight excluding hydrogens is 295 g/mol. The summed E-state index contributed by atoms with van der Waals surface area (Å²) >= 11 is 0. The predicted molar refractivity (Wildman–Crippen MR) is 78.2 cm³/mol. The lowest BCUT2D eigenvalue weighted by atomic mass is 10.2. The Morgan fingerprint density at radius 1 is 1.14 bits per heavy atom. The summed E-state index contributed by atoms with van der Waals surface area (Å²) in [5.41, 5.74) is 0.645. The number of fused-ring (bicyclic) bond motifs is 1. The van der Waals surface area contributed by atoms with Crippen LogP contribution in [-0.4, -0.2) is 21.6 Å². The number of nitrogens with one attached hydrogen (secondary N) is 1. The van der Waals surface area contributed by atoms with Crippen molar-refractivity contribution in [2.24, 2.45) is 0 Å². The van der Waals surface area contributed by atoms with Crippen molar-refractivity contribution in [1.82, 2.24) is 0 Å². The molecule has 5 nitrogen and oxygen atoms in total. The summed E-state index contributed by atoms with van der Waals surface area (Å²) in [6.45, 7) is 0.461. The van der Waals surface area contributed by atoms with Gasteiger partial charge < -0.3 is 4.74 Å². The predicted octanol–water partition coefficient (Wildman–Crippen LogP) is 2.38. The van der Waals surface area contributed by atoms with Crippen molar-refractivity contribution >= 4 is 21.6 Å². The molecule has 1 heterocycles. The second-order valence-electron chi connectivity index (χ2n) is 4.51. The molecule has 0 unspecified atom stereocenters. The van der Waals surface area contributed by atoms with Gasteiger partial charge in [0.25, 0.3) is 0 Å². The van der Waals surface area contributed by atoms with Crippen molar-refractivity contribution in [3.05, 3.63) is 54.3 Å². The van der Waals surface area contributed by atoms with Crippen LogP contribution in [0, 0.1) is 5.82 Å². The van der Waals surface area contributed by atoms with Crippen LogP contribution in [0.1, 0.15) is 0 Å². The summed E-state index contributed by atoms with van der Waals surface area (Å²) in [6.07, 6.45) is 0. The van der Waals surface area contributed by atoms with E-state index in [-0.39, 0.29) is 18.8 Å². The van der Waals surface area contributed by atoms with E-state index in [1.165, 1.54) is 22.5 Å². The highest BCUT2D eigenvalue weighted by Gasteiger charge is 2.28. The first kappa shape index (κ1) is 13.7. The quantitative estimate of drug-likeness (QED) is 0.947. The second kappa shape index (κ2) is 5.25. The van der Waals surface area contributed by atoms with Crippen LogP contribution >= 0.6 is 0 Å². The molecular formula is C14H13FN2O3S. The first-order chi connectivity index (χ1) is 10.1. The fourth-order valence-electron chi connectivity index (χ4n) is 2.15. The highest BCUT2D eigenvalue weighted by atomic mass is 32.2. The Kier molecular flexibility index (Phi) is 3.42. The van der Waals surface area contributed by atoms with Gasteiger partial charge in [0.05, 0.1) is 17.9 Å². The lowest BCUT2D eigenvalue weighted by Crippen LogP contribution is -2.41. The molecule has 0 atom stereocenters. The number of nitrogens with zero attached hydrogens (tertiary/aromatic N) is 1. The first-order valence-corrected chi connectivity index (χ1v) is 7.78. The molecule has 2 aromatic rings. The molecule has 0 amide bonds. The van der Waals surface area contributed by atoms with Crippen LogP contribution in [0.4, 0.5) is 15.8 Å². The van der Waals surface area contributed by atoms with Crippen molar-refractivity contribution in [1.29, 1.82) is 0 Å². The van der Waals surface area contributed by atoms with Gasteiger partial charge in [0.2, 0.25) is 0 Å². The van der Waals surface area contributed by atoms with Gasteiger partial charge in [-0.25, -0.2) is 8.70 Å². The van der Waals surface area contributed by atoms with Gasteiger partial charge in [0.1, 0.15) is 18.2 Å². The number of rotatable bonds is 3. The first-order valence-electron chi connectivity index (χ1n) is 6.34. The number of hydrogen-bond donors (Lipinski definition) is 1. The maximum atomic E-state index is 13.2. The summed E-state index contributed by atoms with van der Waals surface area (Å²) in [5.74, 6) is 0.00550. The molecule has 0 fully saturated rings. The van der Waals surface area contributed by atoms with Crippen LogP contribution in [0.25, 0.3) is 0 Å². The topological polar surface area (TPSA) is 58.6 Å². The molecule has 0 aromatic heterocycles. The van der Waals surface area contributed by atoms with Gasteiger partial charge >= 0.3 is 10.2 Å². The van der Waals surface area contributed by atoms with E-state index in [4.69, 9.17) is 4.74 Å². The molecule has 110 valence electrons. The minimum absolute atomic E-state index is 0.180. The summed E-state index contributed by atoms with van der Waals surface area (Å²) in [4.78, 5) is 0. The molecule has 0 saturated carbocycles. The number of ether oxygens (including phenoxy) is 1. The van der Waals surface area contributed by atoms with E-state index in [0.717, 1.165) is 6.07 Å². The Morgan fingerprint density at radius 2 is 1.95 bits per heavy atom. The Hall–Kier alpha value is -2.28. The van der Waals surface area contributed by atoms with Gasteiger partial charge in [-0.05, 0) is 30.3 Å². The third kappa shape index (κ3) is 2.78. The van der Waals surface area contributed by atoms with Gasteiger partial charge in [-0.2, -0.15) is 8.42 Å². The molecule has 0 bridgehead atoms. The number of hydrogen-bond acceptors (Lipinski definition) is 3. The van der Waals surface area contributed by atoms with Crippen LogP contribution in [0.15, 0.2) is 48.5 Å². The summed E-state index contributed by atoms with van der Waals surface area (Å²) in [5, 5.41) is 0. The van der Waals surface area contributed by atoms with Crippen LogP contribution < -0.4 is 13.8 Å². The fourth-order valence-corrected chi connectivity index (χ4v) is 3.41. The molecule has 3 rings (SSSR count). The van der Waals surface area contributed by atoms with Gasteiger partial charge in [-0.15, -0.1) is 0 Å². The Balaban J connectivity index is 1.93. The molecule has 21 heavy (non-hydrogen) atoms. The fraction of sp³-hybridized carbons (Fsp3) is 0.143. The number of halogens is 1. The molecule has 1 aliphatic heterocycles. The molecule has 0 spiro atoms. The number of anilines is 2. The number of benzene rings is 2. The van der Waals surface area contributed by atoms with Crippen molar-refractivity contribution in [2.45, 2.75) is 0 Å². The molecule has 2 aromatic carbocycles. The SMILES string of the molecule is O=S(=O)(Nc1cccc(F)c1)N1CCOc2ccccc21.